The topological polar surface area (TPSA) is 65.4 Å². The van der Waals surface area contributed by atoms with Crippen LogP contribution >= 0.6 is 11.6 Å². The molecule has 0 fully saturated rings. The summed E-state index contributed by atoms with van der Waals surface area (Å²) in [6.07, 6.45) is 0. The molecule has 5 nitrogen and oxygen atoms in total. The first-order chi connectivity index (χ1) is 16.9. The predicted molar refractivity (Wildman–Crippen MR) is 138 cm³/mol. The van der Waals surface area contributed by atoms with Gasteiger partial charge in [0, 0.05) is 28.6 Å². The van der Waals surface area contributed by atoms with Gasteiger partial charge in [-0.1, -0.05) is 78.3 Å². The molecule has 0 radical (unpaired) electrons. The molecule has 5 aromatic rings. The van der Waals surface area contributed by atoms with Crippen molar-refractivity contribution in [1.29, 1.82) is 0 Å². The van der Waals surface area contributed by atoms with E-state index < -0.39 is 12.6 Å². The molecule has 4 aromatic carbocycles. The Labute approximate surface area is 206 Å². The summed E-state index contributed by atoms with van der Waals surface area (Å²) in [5.74, 6) is -1.09. The predicted octanol–water partition coefficient (Wildman–Crippen LogP) is 6.05. The van der Waals surface area contributed by atoms with Crippen LogP contribution in [0.5, 0.6) is 0 Å². The van der Waals surface area contributed by atoms with Crippen LogP contribution < -0.4 is 5.56 Å². The van der Waals surface area contributed by atoms with E-state index in [-0.39, 0.29) is 17.0 Å². The van der Waals surface area contributed by atoms with Crippen molar-refractivity contribution in [1.82, 2.24) is 4.57 Å². The Hall–Kier alpha value is -4.22. The normalized spacial score (nSPS) is 11.0. The second-order valence-corrected chi connectivity index (χ2v) is 8.64. The molecule has 0 aliphatic heterocycles. The number of ether oxygens (including phenoxy) is 1. The number of hydrogen-bond acceptors (Lipinski definition) is 4. The summed E-state index contributed by atoms with van der Waals surface area (Å²) in [6, 6.07) is 27.1. The molecule has 172 valence electrons. The van der Waals surface area contributed by atoms with Crippen molar-refractivity contribution in [2.24, 2.45) is 7.05 Å². The van der Waals surface area contributed by atoms with Gasteiger partial charge in [-0.3, -0.25) is 9.59 Å². The van der Waals surface area contributed by atoms with Crippen LogP contribution in [-0.2, 0) is 11.8 Å². The summed E-state index contributed by atoms with van der Waals surface area (Å²) in [6.45, 7) is -0.446. The highest BCUT2D eigenvalue weighted by Gasteiger charge is 2.24. The number of ketones is 1. The SMILES string of the molecule is Cn1c(C(=O)OCC(=O)c2ccc3ccccc3c2)c(-c2ccc(Cl)cc2)c2ccccc2c1=O. The number of benzene rings is 4. The molecular weight excluding hydrogens is 462 g/mol. The molecule has 0 unspecified atom stereocenters. The fourth-order valence-corrected chi connectivity index (χ4v) is 4.38. The number of pyridine rings is 1. The van der Waals surface area contributed by atoms with E-state index >= 15 is 0 Å². The van der Waals surface area contributed by atoms with Gasteiger partial charge in [0.15, 0.2) is 12.4 Å². The van der Waals surface area contributed by atoms with Crippen LogP contribution in [0.2, 0.25) is 5.02 Å². The molecule has 0 saturated carbocycles. The Balaban J connectivity index is 1.53. The molecule has 0 spiro atoms. The largest absolute Gasteiger partial charge is 0.453 e. The van der Waals surface area contributed by atoms with E-state index in [1.807, 2.05) is 30.3 Å². The van der Waals surface area contributed by atoms with Gasteiger partial charge < -0.3 is 9.30 Å². The van der Waals surface area contributed by atoms with Gasteiger partial charge in [0.05, 0.1) is 0 Å². The first kappa shape index (κ1) is 22.6. The molecule has 0 aliphatic carbocycles. The van der Waals surface area contributed by atoms with Gasteiger partial charge in [-0.2, -0.15) is 0 Å². The molecule has 0 atom stereocenters. The van der Waals surface area contributed by atoms with Gasteiger partial charge in [0.2, 0.25) is 0 Å². The molecule has 1 heterocycles. The van der Waals surface area contributed by atoms with Gasteiger partial charge in [-0.15, -0.1) is 0 Å². The number of nitrogens with zero attached hydrogens (tertiary/aromatic N) is 1. The van der Waals surface area contributed by atoms with E-state index in [0.717, 1.165) is 10.8 Å². The summed E-state index contributed by atoms with van der Waals surface area (Å²) < 4.78 is 6.73. The Bertz CT molecular complexity index is 1670. The van der Waals surface area contributed by atoms with Crippen molar-refractivity contribution in [3.05, 3.63) is 118 Å². The van der Waals surface area contributed by atoms with E-state index in [1.54, 1.807) is 60.7 Å². The number of carbonyl (C=O) groups is 2. The van der Waals surface area contributed by atoms with Crippen LogP contribution in [0.3, 0.4) is 0 Å². The molecule has 6 heteroatoms. The summed E-state index contributed by atoms with van der Waals surface area (Å²) in [5.41, 5.74) is 1.44. The smallest absolute Gasteiger partial charge is 0.356 e. The highest BCUT2D eigenvalue weighted by molar-refractivity contribution is 6.30. The van der Waals surface area contributed by atoms with E-state index in [2.05, 4.69) is 0 Å². The standard InChI is InChI=1S/C29H20ClNO4/c1-31-27(29(34)35-17-25(32)21-11-10-18-6-2-3-7-20(18)16-21)26(19-12-14-22(30)15-13-19)23-8-4-5-9-24(23)28(31)33/h2-16H,17H2,1H3. The van der Waals surface area contributed by atoms with Crippen molar-refractivity contribution in [3.8, 4) is 11.1 Å². The Morgan fingerprint density at radius 1 is 0.829 bits per heavy atom. The average Bonchev–Trinajstić information content (AvgIpc) is 2.89. The van der Waals surface area contributed by atoms with Crippen molar-refractivity contribution >= 4 is 44.9 Å². The Morgan fingerprint density at radius 2 is 1.49 bits per heavy atom. The van der Waals surface area contributed by atoms with E-state index in [9.17, 15) is 14.4 Å². The third kappa shape index (κ3) is 4.22. The second kappa shape index (κ2) is 9.20. The Kier molecular flexibility index (Phi) is 5.93. The minimum absolute atomic E-state index is 0.0716. The highest BCUT2D eigenvalue weighted by atomic mass is 35.5. The molecule has 0 bridgehead atoms. The number of rotatable bonds is 5. The third-order valence-corrected chi connectivity index (χ3v) is 6.29. The zero-order valence-electron chi connectivity index (χ0n) is 18.8. The molecule has 0 N–H and O–H groups in total. The third-order valence-electron chi connectivity index (χ3n) is 6.04. The number of aromatic nitrogens is 1. The molecule has 0 amide bonds. The second-order valence-electron chi connectivity index (χ2n) is 8.20. The maximum Gasteiger partial charge on any atom is 0.356 e. The van der Waals surface area contributed by atoms with E-state index in [4.69, 9.17) is 16.3 Å². The lowest BCUT2D eigenvalue weighted by Gasteiger charge is -2.16. The number of fused-ring (bicyclic) bond motifs is 2. The van der Waals surface area contributed by atoms with E-state index in [1.165, 1.54) is 11.6 Å². The highest BCUT2D eigenvalue weighted by Crippen LogP contribution is 2.32. The summed E-state index contributed by atoms with van der Waals surface area (Å²) in [5, 5.41) is 3.58. The number of carbonyl (C=O) groups excluding carboxylic acids is 2. The number of hydrogen-bond donors (Lipinski definition) is 0. The van der Waals surface area contributed by atoms with Crippen molar-refractivity contribution in [2.45, 2.75) is 0 Å². The van der Waals surface area contributed by atoms with E-state index in [0.29, 0.717) is 32.5 Å². The fraction of sp³-hybridized carbons (Fsp3) is 0.0690. The molecule has 35 heavy (non-hydrogen) atoms. The van der Waals surface area contributed by atoms with Gasteiger partial charge in [0.25, 0.3) is 5.56 Å². The first-order valence-electron chi connectivity index (χ1n) is 11.0. The molecule has 5 rings (SSSR count). The first-order valence-corrected chi connectivity index (χ1v) is 11.4. The zero-order chi connectivity index (χ0) is 24.5. The van der Waals surface area contributed by atoms with Crippen LogP contribution in [0.25, 0.3) is 32.7 Å². The van der Waals surface area contributed by atoms with Crippen molar-refractivity contribution in [3.63, 3.8) is 0 Å². The number of esters is 1. The fourth-order valence-electron chi connectivity index (χ4n) is 4.26. The number of Topliss-reactive ketones (excluding diaryl/α,β-unsaturated/α-hetero) is 1. The maximum atomic E-state index is 13.3. The van der Waals surface area contributed by atoms with Crippen molar-refractivity contribution < 1.29 is 14.3 Å². The lowest BCUT2D eigenvalue weighted by Crippen LogP contribution is -2.27. The molecule has 0 aliphatic rings. The monoisotopic (exact) mass is 481 g/mol. The van der Waals surface area contributed by atoms with Gasteiger partial charge in [-0.05, 0) is 46.0 Å². The van der Waals surface area contributed by atoms with Crippen LogP contribution in [-0.4, -0.2) is 22.9 Å². The van der Waals surface area contributed by atoms with Crippen LogP contribution in [0, 0.1) is 0 Å². The molecule has 0 saturated heterocycles. The Morgan fingerprint density at radius 3 is 2.23 bits per heavy atom. The molecule has 1 aromatic heterocycles. The zero-order valence-corrected chi connectivity index (χ0v) is 19.6. The average molecular weight is 482 g/mol. The van der Waals surface area contributed by atoms with Crippen molar-refractivity contribution in [2.75, 3.05) is 6.61 Å². The summed E-state index contributed by atoms with van der Waals surface area (Å²) in [7, 11) is 1.52. The molecular formula is C29H20ClNO4. The summed E-state index contributed by atoms with van der Waals surface area (Å²) >= 11 is 6.07. The summed E-state index contributed by atoms with van der Waals surface area (Å²) in [4.78, 5) is 39.2. The van der Waals surface area contributed by atoms with Gasteiger partial charge in [0.1, 0.15) is 5.69 Å². The lowest BCUT2D eigenvalue weighted by molar-refractivity contribution is 0.0465. The van der Waals surface area contributed by atoms with Gasteiger partial charge in [-0.25, -0.2) is 4.79 Å². The minimum atomic E-state index is -0.755. The van der Waals surface area contributed by atoms with Crippen LogP contribution in [0.4, 0.5) is 0 Å². The lowest BCUT2D eigenvalue weighted by atomic mass is 9.97. The van der Waals surface area contributed by atoms with Crippen LogP contribution in [0.15, 0.2) is 95.8 Å². The maximum absolute atomic E-state index is 13.3. The van der Waals surface area contributed by atoms with Gasteiger partial charge >= 0.3 is 5.97 Å². The van der Waals surface area contributed by atoms with Crippen LogP contribution in [0.1, 0.15) is 20.8 Å². The number of halogens is 1. The minimum Gasteiger partial charge on any atom is -0.453 e. The quantitative estimate of drug-likeness (QED) is 0.226.